The second-order valence-electron chi connectivity index (χ2n) is 7.03. The van der Waals surface area contributed by atoms with E-state index in [0.717, 1.165) is 12.8 Å². The summed E-state index contributed by atoms with van der Waals surface area (Å²) < 4.78 is 1.39. The first kappa shape index (κ1) is 19.1. The SMILES string of the molecule is CCC(N)(CC)CNC(=O)c1nn(CC(C)C)c(=O)c2ccccc12. The minimum absolute atomic E-state index is 0.170. The number of nitrogens with two attached hydrogens (primary N) is 1. The zero-order valence-corrected chi connectivity index (χ0v) is 15.5. The van der Waals surface area contributed by atoms with Gasteiger partial charge >= 0.3 is 0 Å². The van der Waals surface area contributed by atoms with Crippen molar-refractivity contribution in [1.82, 2.24) is 15.1 Å². The molecule has 0 saturated carbocycles. The van der Waals surface area contributed by atoms with E-state index in [1.807, 2.05) is 27.7 Å². The highest BCUT2D eigenvalue weighted by molar-refractivity contribution is 6.04. The third-order valence-corrected chi connectivity index (χ3v) is 4.63. The maximum absolute atomic E-state index is 12.7. The minimum Gasteiger partial charge on any atom is -0.349 e. The van der Waals surface area contributed by atoms with Crippen LogP contribution in [0.2, 0.25) is 0 Å². The number of hydrogen-bond donors (Lipinski definition) is 2. The summed E-state index contributed by atoms with van der Waals surface area (Å²) in [5, 5.41) is 8.31. The minimum atomic E-state index is -0.433. The van der Waals surface area contributed by atoms with Crippen molar-refractivity contribution in [3.8, 4) is 0 Å². The molecule has 0 unspecified atom stereocenters. The Labute approximate surface area is 148 Å². The Kier molecular flexibility index (Phi) is 5.95. The molecule has 2 aromatic rings. The highest BCUT2D eigenvalue weighted by atomic mass is 16.2. The molecular weight excluding hydrogens is 316 g/mol. The van der Waals surface area contributed by atoms with E-state index in [4.69, 9.17) is 5.73 Å². The van der Waals surface area contributed by atoms with Gasteiger partial charge in [-0.1, -0.05) is 45.9 Å². The number of aromatic nitrogens is 2. The van der Waals surface area contributed by atoms with E-state index >= 15 is 0 Å². The lowest BCUT2D eigenvalue weighted by molar-refractivity contribution is 0.0936. The van der Waals surface area contributed by atoms with Crippen molar-refractivity contribution in [1.29, 1.82) is 0 Å². The fraction of sp³-hybridized carbons (Fsp3) is 0.526. The standard InChI is InChI=1S/C19H28N4O2/c1-5-19(20,6-2)12-21-17(24)16-14-9-7-8-10-15(14)18(25)23(22-16)11-13(3)4/h7-10,13H,5-6,11-12,20H2,1-4H3,(H,21,24). The monoisotopic (exact) mass is 344 g/mol. The van der Waals surface area contributed by atoms with Gasteiger partial charge in [-0.2, -0.15) is 5.10 Å². The molecule has 1 heterocycles. The molecule has 0 fully saturated rings. The van der Waals surface area contributed by atoms with E-state index < -0.39 is 5.54 Å². The van der Waals surface area contributed by atoms with Crippen molar-refractivity contribution in [2.45, 2.75) is 52.6 Å². The number of nitrogens with zero attached hydrogens (tertiary/aromatic N) is 2. The van der Waals surface area contributed by atoms with Crippen molar-refractivity contribution >= 4 is 16.7 Å². The molecule has 0 spiro atoms. The predicted molar refractivity (Wildman–Crippen MR) is 101 cm³/mol. The molecule has 6 nitrogen and oxygen atoms in total. The molecule has 136 valence electrons. The Morgan fingerprint density at radius 1 is 1.24 bits per heavy atom. The molecule has 1 amide bonds. The van der Waals surface area contributed by atoms with Gasteiger partial charge in [-0.05, 0) is 24.8 Å². The predicted octanol–water partition coefficient (Wildman–Crippen LogP) is 2.30. The number of benzene rings is 1. The Bertz CT molecular complexity index is 807. The third-order valence-electron chi connectivity index (χ3n) is 4.63. The smallest absolute Gasteiger partial charge is 0.274 e. The summed E-state index contributed by atoms with van der Waals surface area (Å²) in [6.45, 7) is 8.87. The summed E-state index contributed by atoms with van der Waals surface area (Å²) in [6, 6.07) is 7.09. The zero-order valence-electron chi connectivity index (χ0n) is 15.5. The molecule has 0 aliphatic rings. The van der Waals surface area contributed by atoms with E-state index in [0.29, 0.717) is 23.9 Å². The van der Waals surface area contributed by atoms with Crippen molar-refractivity contribution in [2.24, 2.45) is 11.7 Å². The molecule has 0 radical (unpaired) electrons. The lowest BCUT2D eigenvalue weighted by Crippen LogP contribution is -2.49. The summed E-state index contributed by atoms with van der Waals surface area (Å²) in [5.74, 6) is -0.0513. The van der Waals surface area contributed by atoms with Gasteiger partial charge in [-0.15, -0.1) is 0 Å². The summed E-state index contributed by atoms with van der Waals surface area (Å²) in [7, 11) is 0. The molecule has 0 bridgehead atoms. The van der Waals surface area contributed by atoms with Crippen LogP contribution < -0.4 is 16.6 Å². The number of hydrogen-bond acceptors (Lipinski definition) is 4. The number of fused-ring (bicyclic) bond motifs is 1. The van der Waals surface area contributed by atoms with Crippen LogP contribution in [0.4, 0.5) is 0 Å². The first-order chi connectivity index (χ1) is 11.8. The second-order valence-corrected chi connectivity index (χ2v) is 7.03. The van der Waals surface area contributed by atoms with Crippen LogP contribution in [-0.4, -0.2) is 27.8 Å². The number of nitrogens with one attached hydrogen (secondary N) is 1. The van der Waals surface area contributed by atoms with E-state index in [1.165, 1.54) is 4.68 Å². The first-order valence-electron chi connectivity index (χ1n) is 8.88. The van der Waals surface area contributed by atoms with Crippen LogP contribution in [0.15, 0.2) is 29.1 Å². The maximum Gasteiger partial charge on any atom is 0.274 e. The molecule has 0 aliphatic heterocycles. The fourth-order valence-electron chi connectivity index (χ4n) is 2.71. The Balaban J connectivity index is 2.44. The highest BCUT2D eigenvalue weighted by Crippen LogP contribution is 2.15. The average Bonchev–Trinajstić information content (AvgIpc) is 2.61. The average molecular weight is 344 g/mol. The van der Waals surface area contributed by atoms with Crippen LogP contribution in [-0.2, 0) is 6.54 Å². The maximum atomic E-state index is 12.7. The van der Waals surface area contributed by atoms with Crippen LogP contribution in [0.3, 0.4) is 0 Å². The van der Waals surface area contributed by atoms with Gasteiger partial charge in [0.05, 0.1) is 5.39 Å². The topological polar surface area (TPSA) is 90.0 Å². The molecule has 25 heavy (non-hydrogen) atoms. The van der Waals surface area contributed by atoms with Crippen LogP contribution >= 0.6 is 0 Å². The Hall–Kier alpha value is -2.21. The molecular formula is C19H28N4O2. The number of carbonyl (C=O) groups is 1. The van der Waals surface area contributed by atoms with Gasteiger partial charge in [-0.3, -0.25) is 9.59 Å². The van der Waals surface area contributed by atoms with E-state index in [9.17, 15) is 9.59 Å². The van der Waals surface area contributed by atoms with Crippen LogP contribution in [0.25, 0.3) is 10.8 Å². The Morgan fingerprint density at radius 2 is 1.84 bits per heavy atom. The van der Waals surface area contributed by atoms with Crippen LogP contribution in [0.1, 0.15) is 51.0 Å². The van der Waals surface area contributed by atoms with E-state index in [2.05, 4.69) is 10.4 Å². The highest BCUT2D eigenvalue weighted by Gasteiger charge is 2.23. The molecule has 1 aromatic heterocycles. The quantitative estimate of drug-likeness (QED) is 0.806. The fourth-order valence-corrected chi connectivity index (χ4v) is 2.71. The summed E-state index contributed by atoms with van der Waals surface area (Å²) in [4.78, 5) is 25.3. The number of carbonyl (C=O) groups excluding carboxylic acids is 1. The lowest BCUT2D eigenvalue weighted by atomic mass is 9.94. The number of amides is 1. The third kappa shape index (κ3) is 4.25. The first-order valence-corrected chi connectivity index (χ1v) is 8.88. The largest absolute Gasteiger partial charge is 0.349 e. The molecule has 0 atom stereocenters. The van der Waals surface area contributed by atoms with Crippen LogP contribution in [0.5, 0.6) is 0 Å². The van der Waals surface area contributed by atoms with E-state index in [-0.39, 0.29) is 23.1 Å². The molecule has 3 N–H and O–H groups in total. The van der Waals surface area contributed by atoms with E-state index in [1.54, 1.807) is 24.3 Å². The van der Waals surface area contributed by atoms with Crippen molar-refractivity contribution < 1.29 is 4.79 Å². The van der Waals surface area contributed by atoms with Gasteiger partial charge < -0.3 is 11.1 Å². The molecule has 0 saturated heterocycles. The van der Waals surface area contributed by atoms with Crippen molar-refractivity contribution in [2.75, 3.05) is 6.54 Å². The lowest BCUT2D eigenvalue weighted by Gasteiger charge is -2.26. The Morgan fingerprint density at radius 3 is 2.40 bits per heavy atom. The summed E-state index contributed by atoms with van der Waals surface area (Å²) in [5.41, 5.74) is 5.93. The van der Waals surface area contributed by atoms with Crippen molar-refractivity contribution in [3.63, 3.8) is 0 Å². The second kappa shape index (κ2) is 7.78. The van der Waals surface area contributed by atoms with Gasteiger partial charge in [0.15, 0.2) is 5.69 Å². The van der Waals surface area contributed by atoms with Gasteiger partial charge in [-0.25, -0.2) is 4.68 Å². The molecule has 0 aliphatic carbocycles. The van der Waals surface area contributed by atoms with Gasteiger partial charge in [0.2, 0.25) is 0 Å². The summed E-state index contributed by atoms with van der Waals surface area (Å²) >= 11 is 0. The molecule has 2 rings (SSSR count). The van der Waals surface area contributed by atoms with Crippen LogP contribution in [0, 0.1) is 5.92 Å². The van der Waals surface area contributed by atoms with Crippen molar-refractivity contribution in [3.05, 3.63) is 40.3 Å². The molecule has 6 heteroatoms. The van der Waals surface area contributed by atoms with Gasteiger partial charge in [0, 0.05) is 24.0 Å². The van der Waals surface area contributed by atoms with Gasteiger partial charge in [0.1, 0.15) is 0 Å². The zero-order chi connectivity index (χ0) is 18.6. The normalized spacial score (nSPS) is 11.9. The molecule has 1 aromatic carbocycles. The van der Waals surface area contributed by atoms with Gasteiger partial charge in [0.25, 0.3) is 11.5 Å². The number of rotatable bonds is 7. The summed E-state index contributed by atoms with van der Waals surface area (Å²) in [6.07, 6.45) is 1.54.